The molecule has 0 heterocycles. The minimum Gasteiger partial charge on any atom is -0.396 e. The maximum absolute atomic E-state index is 10.2. The van der Waals surface area contributed by atoms with E-state index < -0.39 is 0 Å². The van der Waals surface area contributed by atoms with Gasteiger partial charge in [-0.3, -0.25) is 0 Å². The summed E-state index contributed by atoms with van der Waals surface area (Å²) in [4.78, 5) is 12.2. The lowest BCUT2D eigenvalue weighted by molar-refractivity contribution is 0.283. The van der Waals surface area contributed by atoms with Crippen molar-refractivity contribution in [1.82, 2.24) is 4.90 Å². The summed E-state index contributed by atoms with van der Waals surface area (Å²) in [6, 6.07) is 0. The Hall–Kier alpha value is -0.130. The largest absolute Gasteiger partial charge is 0.396 e. The molecule has 14 heavy (non-hydrogen) atoms. The molecular weight excluding hydrogens is 200 g/mol. The third-order valence-electron chi connectivity index (χ3n) is 1.78. The second-order valence-electron chi connectivity index (χ2n) is 3.53. The van der Waals surface area contributed by atoms with Crippen LogP contribution >= 0.6 is 11.8 Å². The van der Waals surface area contributed by atoms with E-state index in [0.29, 0.717) is 11.8 Å². The van der Waals surface area contributed by atoms with E-state index in [1.807, 2.05) is 14.1 Å². The number of unbranched alkanes of at least 4 members (excludes halogenated alkanes) is 1. The van der Waals surface area contributed by atoms with Crippen molar-refractivity contribution in [3.05, 3.63) is 4.91 Å². The molecule has 0 aliphatic heterocycles. The molecule has 0 aromatic carbocycles. The highest BCUT2D eigenvalue weighted by molar-refractivity contribution is 7.99. The van der Waals surface area contributed by atoms with Gasteiger partial charge in [0.15, 0.2) is 0 Å². The first-order valence-corrected chi connectivity index (χ1v) is 5.92. The smallest absolute Gasteiger partial charge is 0.0930 e. The second-order valence-corrected chi connectivity index (χ2v) is 4.79. The lowest BCUT2D eigenvalue weighted by Gasteiger charge is -2.15. The van der Waals surface area contributed by atoms with Crippen molar-refractivity contribution in [3.8, 4) is 0 Å². The van der Waals surface area contributed by atoms with Crippen molar-refractivity contribution in [3.63, 3.8) is 0 Å². The number of thioether (sulfide) groups is 1. The lowest BCUT2D eigenvalue weighted by Crippen LogP contribution is -2.16. The summed E-state index contributed by atoms with van der Waals surface area (Å²) in [6.07, 6.45) is 2.75. The van der Waals surface area contributed by atoms with Gasteiger partial charge in [0.25, 0.3) is 0 Å². The minimum absolute atomic E-state index is 0.236. The summed E-state index contributed by atoms with van der Waals surface area (Å²) in [5.41, 5.74) is 0. The molecule has 0 bridgehead atoms. The Bertz CT molecular complexity index is 145. The van der Waals surface area contributed by atoms with Gasteiger partial charge >= 0.3 is 0 Å². The van der Waals surface area contributed by atoms with E-state index in [-0.39, 0.29) is 6.61 Å². The molecule has 1 unspecified atom stereocenters. The molecule has 0 amide bonds. The Balaban J connectivity index is 3.59. The van der Waals surface area contributed by atoms with Gasteiger partial charge in [-0.15, -0.1) is 11.8 Å². The van der Waals surface area contributed by atoms with Gasteiger partial charge in [0.2, 0.25) is 0 Å². The molecule has 0 saturated carbocycles. The summed E-state index contributed by atoms with van der Waals surface area (Å²) in [6.45, 7) is 0.615. The van der Waals surface area contributed by atoms with Crippen molar-refractivity contribution < 1.29 is 5.11 Å². The summed E-state index contributed by atoms with van der Waals surface area (Å²) < 4.78 is 0. The molecule has 0 aliphatic rings. The van der Waals surface area contributed by atoms with Crippen LogP contribution in [0.25, 0.3) is 0 Å². The lowest BCUT2D eigenvalue weighted by atomic mass is 10.2. The molecule has 5 heteroatoms. The number of aliphatic hydroxyl groups excluding tert-OH is 1. The zero-order valence-corrected chi connectivity index (χ0v) is 9.79. The van der Waals surface area contributed by atoms with Crippen LogP contribution in [0.15, 0.2) is 5.18 Å². The van der Waals surface area contributed by atoms with Gasteiger partial charge in [-0.05, 0) is 33.4 Å². The van der Waals surface area contributed by atoms with E-state index in [2.05, 4.69) is 10.1 Å². The van der Waals surface area contributed by atoms with Crippen LogP contribution in [0.1, 0.15) is 19.3 Å². The third kappa shape index (κ3) is 8.47. The van der Waals surface area contributed by atoms with E-state index in [0.717, 1.165) is 25.1 Å². The standard InChI is InChI=1S/C9H20N2O2S/c1-11(2)8-14-9(7-10-13)5-3-4-6-12/h9,12H,3-8H2,1-2H3. The highest BCUT2D eigenvalue weighted by atomic mass is 32.2. The minimum atomic E-state index is 0.236. The van der Waals surface area contributed by atoms with E-state index in [1.165, 1.54) is 0 Å². The van der Waals surface area contributed by atoms with Gasteiger partial charge in [-0.2, -0.15) is 4.91 Å². The molecule has 0 aliphatic carbocycles. The Morgan fingerprint density at radius 1 is 1.43 bits per heavy atom. The fourth-order valence-corrected chi connectivity index (χ4v) is 2.06. The number of nitrogens with zero attached hydrogens (tertiary/aromatic N) is 2. The van der Waals surface area contributed by atoms with Crippen LogP contribution in [-0.2, 0) is 0 Å². The summed E-state index contributed by atoms with van der Waals surface area (Å²) >= 11 is 1.76. The molecule has 0 saturated heterocycles. The van der Waals surface area contributed by atoms with Gasteiger partial charge in [0.05, 0.1) is 6.54 Å². The molecule has 0 spiro atoms. The fraction of sp³-hybridized carbons (Fsp3) is 1.00. The molecular formula is C9H20N2O2S. The number of nitroso groups, excluding NO2 is 1. The van der Waals surface area contributed by atoms with Crippen LogP contribution in [0.5, 0.6) is 0 Å². The molecule has 0 radical (unpaired) electrons. The van der Waals surface area contributed by atoms with Crippen LogP contribution in [0.2, 0.25) is 0 Å². The van der Waals surface area contributed by atoms with E-state index in [1.54, 1.807) is 11.8 Å². The highest BCUT2D eigenvalue weighted by Gasteiger charge is 2.09. The average Bonchev–Trinajstić information content (AvgIpc) is 2.14. The van der Waals surface area contributed by atoms with Gasteiger partial charge in [-0.1, -0.05) is 5.18 Å². The number of rotatable bonds is 9. The van der Waals surface area contributed by atoms with Gasteiger partial charge < -0.3 is 10.0 Å². The van der Waals surface area contributed by atoms with Crippen molar-refractivity contribution in [1.29, 1.82) is 0 Å². The van der Waals surface area contributed by atoms with E-state index in [9.17, 15) is 4.91 Å². The molecule has 0 rings (SSSR count). The Morgan fingerprint density at radius 3 is 2.64 bits per heavy atom. The average molecular weight is 220 g/mol. The van der Waals surface area contributed by atoms with Crippen molar-refractivity contribution >= 4 is 11.8 Å². The Kier molecular flexibility index (Phi) is 9.34. The molecule has 84 valence electrons. The van der Waals surface area contributed by atoms with Gasteiger partial charge in [-0.25, -0.2) is 0 Å². The summed E-state index contributed by atoms with van der Waals surface area (Å²) in [5.74, 6) is 0.916. The zero-order valence-electron chi connectivity index (χ0n) is 8.98. The summed E-state index contributed by atoms with van der Waals surface area (Å²) in [7, 11) is 4.01. The highest BCUT2D eigenvalue weighted by Crippen LogP contribution is 2.18. The van der Waals surface area contributed by atoms with Gasteiger partial charge in [0.1, 0.15) is 0 Å². The van der Waals surface area contributed by atoms with Gasteiger partial charge in [0, 0.05) is 17.7 Å². The first-order valence-electron chi connectivity index (χ1n) is 4.87. The van der Waals surface area contributed by atoms with Crippen molar-refractivity contribution in [2.75, 3.05) is 33.1 Å². The molecule has 0 aromatic rings. The second kappa shape index (κ2) is 9.43. The van der Waals surface area contributed by atoms with Crippen LogP contribution in [0.3, 0.4) is 0 Å². The Labute approximate surface area is 90.0 Å². The summed E-state index contributed by atoms with van der Waals surface area (Å²) in [5, 5.41) is 11.9. The van der Waals surface area contributed by atoms with Crippen LogP contribution in [0, 0.1) is 4.91 Å². The topological polar surface area (TPSA) is 52.9 Å². The van der Waals surface area contributed by atoms with E-state index >= 15 is 0 Å². The van der Waals surface area contributed by atoms with Crippen LogP contribution in [-0.4, -0.2) is 48.4 Å². The molecule has 1 atom stereocenters. The van der Waals surface area contributed by atoms with Crippen LogP contribution < -0.4 is 0 Å². The number of hydrogen-bond acceptors (Lipinski definition) is 5. The first-order chi connectivity index (χ1) is 6.70. The van der Waals surface area contributed by atoms with Crippen molar-refractivity contribution in [2.24, 2.45) is 5.18 Å². The third-order valence-corrected chi connectivity index (χ3v) is 3.30. The van der Waals surface area contributed by atoms with Crippen molar-refractivity contribution in [2.45, 2.75) is 24.5 Å². The molecule has 0 aromatic heterocycles. The predicted molar refractivity (Wildman–Crippen MR) is 61.5 cm³/mol. The monoisotopic (exact) mass is 220 g/mol. The predicted octanol–water partition coefficient (Wildman–Crippen LogP) is 1.54. The molecule has 1 N–H and O–H groups in total. The van der Waals surface area contributed by atoms with E-state index in [4.69, 9.17) is 5.11 Å². The SMILES string of the molecule is CN(C)CSC(CCCCO)CN=O. The maximum Gasteiger partial charge on any atom is 0.0930 e. The number of aliphatic hydroxyl groups is 1. The first kappa shape index (κ1) is 13.9. The van der Waals surface area contributed by atoms with Crippen LogP contribution in [0.4, 0.5) is 0 Å². The normalized spacial score (nSPS) is 13.1. The fourth-order valence-electron chi connectivity index (χ4n) is 1.05. The Morgan fingerprint density at radius 2 is 2.14 bits per heavy atom. The molecule has 0 fully saturated rings. The molecule has 4 nitrogen and oxygen atoms in total. The maximum atomic E-state index is 10.2. The quantitative estimate of drug-likeness (QED) is 0.364. The zero-order chi connectivity index (χ0) is 10.8. The number of hydrogen-bond donors (Lipinski definition) is 1.